The molecule has 3 N–H and O–H groups in total. The molecular formula is C15H20N2S. The molecule has 0 saturated heterocycles. The standard InChI is InChI=1S/C15H20N2S/c1-12-10-18-11-14(12)8-17-9-15(16)7-13-5-3-2-4-6-13/h2-6,10-11,15,17H,7-9,16H2,1H3/t15-/m0/s1. The number of hydrogen-bond donors (Lipinski definition) is 2. The summed E-state index contributed by atoms with van der Waals surface area (Å²) < 4.78 is 0. The second kappa shape index (κ2) is 6.69. The minimum Gasteiger partial charge on any atom is -0.326 e. The van der Waals surface area contributed by atoms with Gasteiger partial charge >= 0.3 is 0 Å². The lowest BCUT2D eigenvalue weighted by Crippen LogP contribution is -2.35. The van der Waals surface area contributed by atoms with Crippen molar-refractivity contribution in [3.05, 3.63) is 57.8 Å². The Labute approximate surface area is 113 Å². The predicted octanol–water partition coefficient (Wildman–Crippen LogP) is 2.72. The van der Waals surface area contributed by atoms with E-state index >= 15 is 0 Å². The maximum atomic E-state index is 6.12. The Bertz CT molecular complexity index is 464. The van der Waals surface area contributed by atoms with Gasteiger partial charge < -0.3 is 11.1 Å². The third kappa shape index (κ3) is 3.95. The molecule has 0 aliphatic rings. The molecule has 3 heteroatoms. The molecule has 0 amide bonds. The zero-order valence-electron chi connectivity index (χ0n) is 10.7. The number of benzene rings is 1. The summed E-state index contributed by atoms with van der Waals surface area (Å²) in [5, 5.41) is 7.81. The van der Waals surface area contributed by atoms with E-state index in [1.807, 2.05) is 6.07 Å². The molecule has 1 aromatic heterocycles. The Morgan fingerprint density at radius 3 is 2.67 bits per heavy atom. The van der Waals surface area contributed by atoms with E-state index in [1.165, 1.54) is 16.7 Å². The van der Waals surface area contributed by atoms with E-state index in [-0.39, 0.29) is 6.04 Å². The SMILES string of the molecule is Cc1cscc1CNC[C@@H](N)Cc1ccccc1. The molecule has 0 bridgehead atoms. The highest BCUT2D eigenvalue weighted by Gasteiger charge is 2.04. The van der Waals surface area contributed by atoms with Gasteiger partial charge in [0.15, 0.2) is 0 Å². The first-order chi connectivity index (χ1) is 8.75. The Morgan fingerprint density at radius 2 is 2.00 bits per heavy atom. The van der Waals surface area contributed by atoms with Crippen molar-refractivity contribution in [1.82, 2.24) is 5.32 Å². The fourth-order valence-corrected chi connectivity index (χ4v) is 2.81. The van der Waals surface area contributed by atoms with Gasteiger partial charge in [0.1, 0.15) is 0 Å². The van der Waals surface area contributed by atoms with E-state index in [1.54, 1.807) is 11.3 Å². The van der Waals surface area contributed by atoms with Gasteiger partial charge in [0.25, 0.3) is 0 Å². The first-order valence-electron chi connectivity index (χ1n) is 6.27. The molecule has 2 aromatic rings. The Morgan fingerprint density at radius 1 is 1.22 bits per heavy atom. The summed E-state index contributed by atoms with van der Waals surface area (Å²) in [5.74, 6) is 0. The van der Waals surface area contributed by atoms with Gasteiger partial charge in [-0.3, -0.25) is 0 Å². The van der Waals surface area contributed by atoms with Gasteiger partial charge in [0.2, 0.25) is 0 Å². The van der Waals surface area contributed by atoms with E-state index in [4.69, 9.17) is 5.73 Å². The lowest BCUT2D eigenvalue weighted by molar-refractivity contribution is 0.573. The van der Waals surface area contributed by atoms with Crippen LogP contribution in [0, 0.1) is 6.92 Å². The maximum absolute atomic E-state index is 6.12. The highest BCUT2D eigenvalue weighted by Crippen LogP contribution is 2.12. The molecule has 2 rings (SSSR count). The summed E-state index contributed by atoms with van der Waals surface area (Å²) in [7, 11) is 0. The summed E-state index contributed by atoms with van der Waals surface area (Å²) >= 11 is 1.76. The van der Waals surface area contributed by atoms with Gasteiger partial charge in [-0.25, -0.2) is 0 Å². The van der Waals surface area contributed by atoms with Crippen LogP contribution < -0.4 is 11.1 Å². The average Bonchev–Trinajstić information content (AvgIpc) is 2.76. The van der Waals surface area contributed by atoms with Crippen molar-refractivity contribution in [2.45, 2.75) is 25.9 Å². The zero-order chi connectivity index (χ0) is 12.8. The molecule has 0 aliphatic heterocycles. The van der Waals surface area contributed by atoms with Gasteiger partial charge in [-0.1, -0.05) is 30.3 Å². The summed E-state index contributed by atoms with van der Waals surface area (Å²) in [6.07, 6.45) is 0.927. The predicted molar refractivity (Wildman–Crippen MR) is 78.9 cm³/mol. The lowest BCUT2D eigenvalue weighted by atomic mass is 10.1. The molecule has 1 atom stereocenters. The number of aryl methyl sites for hydroxylation is 1. The van der Waals surface area contributed by atoms with Crippen LogP contribution in [0.15, 0.2) is 41.1 Å². The van der Waals surface area contributed by atoms with Gasteiger partial charge in [-0.05, 0) is 40.8 Å². The van der Waals surface area contributed by atoms with Crippen molar-refractivity contribution in [3.63, 3.8) is 0 Å². The molecule has 2 nitrogen and oxygen atoms in total. The molecular weight excluding hydrogens is 240 g/mol. The van der Waals surface area contributed by atoms with Crippen molar-refractivity contribution < 1.29 is 0 Å². The second-order valence-corrected chi connectivity index (χ2v) is 5.40. The first kappa shape index (κ1) is 13.3. The maximum Gasteiger partial charge on any atom is 0.0217 e. The first-order valence-corrected chi connectivity index (χ1v) is 7.22. The number of hydrogen-bond acceptors (Lipinski definition) is 3. The molecule has 0 spiro atoms. The van der Waals surface area contributed by atoms with Crippen molar-refractivity contribution in [3.8, 4) is 0 Å². The van der Waals surface area contributed by atoms with E-state index in [2.05, 4.69) is 47.3 Å². The molecule has 1 aromatic carbocycles. The Hall–Kier alpha value is -1.16. The van der Waals surface area contributed by atoms with E-state index in [9.17, 15) is 0 Å². The molecule has 0 fully saturated rings. The number of nitrogens with two attached hydrogens (primary N) is 1. The lowest BCUT2D eigenvalue weighted by Gasteiger charge is -2.12. The van der Waals surface area contributed by atoms with Crippen LogP contribution in [0.4, 0.5) is 0 Å². The van der Waals surface area contributed by atoms with Crippen LogP contribution in [0.3, 0.4) is 0 Å². The fourth-order valence-electron chi connectivity index (χ4n) is 1.95. The van der Waals surface area contributed by atoms with E-state index in [0.717, 1.165) is 19.5 Å². The largest absolute Gasteiger partial charge is 0.326 e. The number of thiophene rings is 1. The summed E-state index contributed by atoms with van der Waals surface area (Å²) in [6.45, 7) is 3.92. The topological polar surface area (TPSA) is 38.0 Å². The number of rotatable bonds is 6. The highest BCUT2D eigenvalue weighted by atomic mass is 32.1. The quantitative estimate of drug-likeness (QED) is 0.838. The minimum absolute atomic E-state index is 0.173. The summed E-state index contributed by atoms with van der Waals surface area (Å²) in [6, 6.07) is 10.6. The van der Waals surface area contributed by atoms with Crippen molar-refractivity contribution in [1.29, 1.82) is 0 Å². The molecule has 0 aliphatic carbocycles. The Kier molecular flexibility index (Phi) is 4.93. The summed E-state index contributed by atoms with van der Waals surface area (Å²) in [4.78, 5) is 0. The van der Waals surface area contributed by atoms with Crippen molar-refractivity contribution >= 4 is 11.3 Å². The molecule has 0 saturated carbocycles. The summed E-state index contributed by atoms with van der Waals surface area (Å²) in [5.41, 5.74) is 10.2. The van der Waals surface area contributed by atoms with Gasteiger partial charge in [-0.2, -0.15) is 11.3 Å². The highest BCUT2D eigenvalue weighted by molar-refractivity contribution is 7.08. The monoisotopic (exact) mass is 260 g/mol. The van der Waals surface area contributed by atoms with Crippen LogP contribution in [0.1, 0.15) is 16.7 Å². The fraction of sp³-hybridized carbons (Fsp3) is 0.333. The molecule has 18 heavy (non-hydrogen) atoms. The molecule has 0 radical (unpaired) electrons. The van der Waals surface area contributed by atoms with Crippen molar-refractivity contribution in [2.75, 3.05) is 6.54 Å². The van der Waals surface area contributed by atoms with Crippen LogP contribution >= 0.6 is 11.3 Å². The van der Waals surface area contributed by atoms with E-state index < -0.39 is 0 Å². The third-order valence-corrected chi connectivity index (χ3v) is 3.93. The van der Waals surface area contributed by atoms with Crippen LogP contribution in [0.5, 0.6) is 0 Å². The van der Waals surface area contributed by atoms with Crippen LogP contribution in [0.2, 0.25) is 0 Å². The van der Waals surface area contributed by atoms with Gasteiger partial charge in [0, 0.05) is 19.1 Å². The number of nitrogens with one attached hydrogen (secondary N) is 1. The molecule has 0 unspecified atom stereocenters. The Balaban J connectivity index is 1.72. The minimum atomic E-state index is 0.173. The smallest absolute Gasteiger partial charge is 0.0217 e. The second-order valence-electron chi connectivity index (χ2n) is 4.66. The average molecular weight is 260 g/mol. The van der Waals surface area contributed by atoms with Crippen LogP contribution in [-0.4, -0.2) is 12.6 Å². The van der Waals surface area contributed by atoms with Gasteiger partial charge in [-0.15, -0.1) is 0 Å². The normalized spacial score (nSPS) is 12.6. The van der Waals surface area contributed by atoms with E-state index in [0.29, 0.717) is 0 Å². The van der Waals surface area contributed by atoms with Crippen LogP contribution in [-0.2, 0) is 13.0 Å². The van der Waals surface area contributed by atoms with Gasteiger partial charge in [0.05, 0.1) is 0 Å². The van der Waals surface area contributed by atoms with Crippen molar-refractivity contribution in [2.24, 2.45) is 5.73 Å². The van der Waals surface area contributed by atoms with Crippen LogP contribution in [0.25, 0.3) is 0 Å². The molecule has 96 valence electrons. The zero-order valence-corrected chi connectivity index (χ0v) is 11.5. The third-order valence-electron chi connectivity index (χ3n) is 3.02. The molecule has 1 heterocycles.